The van der Waals surface area contributed by atoms with Gasteiger partial charge in [-0.15, -0.1) is 0 Å². The molecule has 5 nitrogen and oxygen atoms in total. The van der Waals surface area contributed by atoms with Crippen molar-refractivity contribution in [2.24, 2.45) is 16.8 Å². The maximum atomic E-state index is 12.1. The lowest BCUT2D eigenvalue weighted by atomic mass is 9.94. The number of hydrogen-bond donors (Lipinski definition) is 3. The Morgan fingerprint density at radius 3 is 2.71 bits per heavy atom. The molecule has 17 heavy (non-hydrogen) atoms. The Labute approximate surface area is 105 Å². The molecule has 96 valence electrons. The lowest BCUT2D eigenvalue weighted by molar-refractivity contribution is -0.125. The molecule has 0 aromatic heterocycles. The molecule has 2 rings (SSSR count). The molecule has 4 N–H and O–H groups in total. The van der Waals surface area contributed by atoms with Gasteiger partial charge in [0.15, 0.2) is 5.84 Å². The predicted molar refractivity (Wildman–Crippen MR) is 68.2 cm³/mol. The van der Waals surface area contributed by atoms with Crippen LogP contribution in [0.1, 0.15) is 32.1 Å². The minimum atomic E-state index is -0.598. The van der Waals surface area contributed by atoms with Gasteiger partial charge in [-0.3, -0.25) is 4.79 Å². The van der Waals surface area contributed by atoms with E-state index in [-0.39, 0.29) is 17.7 Å². The molecule has 2 aliphatic rings. The van der Waals surface area contributed by atoms with Crippen molar-refractivity contribution in [3.63, 3.8) is 0 Å². The molecule has 1 amide bonds. The summed E-state index contributed by atoms with van der Waals surface area (Å²) in [6, 6.07) is 0. The average Bonchev–Trinajstić information content (AvgIpc) is 2.99. The largest absolute Gasteiger partial charge is 0.409 e. The second-order valence-electron chi connectivity index (χ2n) is 4.82. The highest BCUT2D eigenvalue weighted by Crippen LogP contribution is 2.31. The van der Waals surface area contributed by atoms with Gasteiger partial charge in [-0.1, -0.05) is 18.0 Å². The Hall–Kier alpha value is -0.910. The van der Waals surface area contributed by atoms with Gasteiger partial charge >= 0.3 is 0 Å². The van der Waals surface area contributed by atoms with Crippen molar-refractivity contribution in [2.75, 3.05) is 11.5 Å². The molecule has 1 heterocycles. The van der Waals surface area contributed by atoms with Gasteiger partial charge < -0.3 is 16.3 Å². The Kier molecular flexibility index (Phi) is 3.81. The molecule has 2 fully saturated rings. The fourth-order valence-electron chi connectivity index (χ4n) is 2.60. The number of amidine groups is 1. The summed E-state index contributed by atoms with van der Waals surface area (Å²) in [7, 11) is 0. The zero-order valence-corrected chi connectivity index (χ0v) is 10.6. The highest BCUT2D eigenvalue weighted by Gasteiger charge is 2.41. The van der Waals surface area contributed by atoms with E-state index in [1.807, 2.05) is 11.8 Å². The van der Waals surface area contributed by atoms with Crippen molar-refractivity contribution in [3.8, 4) is 0 Å². The summed E-state index contributed by atoms with van der Waals surface area (Å²) >= 11 is 1.81. The van der Waals surface area contributed by atoms with E-state index in [9.17, 15) is 4.79 Å². The fourth-order valence-corrected chi connectivity index (χ4v) is 3.82. The lowest BCUT2D eigenvalue weighted by Gasteiger charge is -2.30. The molecule has 1 unspecified atom stereocenters. The first-order chi connectivity index (χ1) is 8.18. The number of amides is 1. The van der Waals surface area contributed by atoms with Crippen LogP contribution in [0.3, 0.4) is 0 Å². The molecule has 0 spiro atoms. The van der Waals surface area contributed by atoms with Crippen LogP contribution >= 0.6 is 11.8 Å². The Balaban J connectivity index is 2.05. The number of thioether (sulfide) groups is 1. The van der Waals surface area contributed by atoms with Crippen LogP contribution in [0, 0.1) is 5.92 Å². The SMILES string of the molecule is NC(=NO)C1(NC(=O)C2CCSC2)CCCC1. The summed E-state index contributed by atoms with van der Waals surface area (Å²) in [5, 5.41) is 15.0. The maximum absolute atomic E-state index is 12.1. The van der Waals surface area contributed by atoms with Crippen molar-refractivity contribution in [1.82, 2.24) is 5.32 Å². The monoisotopic (exact) mass is 257 g/mol. The van der Waals surface area contributed by atoms with Gasteiger partial charge in [0.05, 0.1) is 0 Å². The van der Waals surface area contributed by atoms with Crippen molar-refractivity contribution in [3.05, 3.63) is 0 Å². The Morgan fingerprint density at radius 2 is 2.18 bits per heavy atom. The summed E-state index contributed by atoms with van der Waals surface area (Å²) in [4.78, 5) is 12.1. The Bertz CT molecular complexity index is 321. The van der Waals surface area contributed by atoms with Crippen LogP contribution < -0.4 is 11.1 Å². The number of carbonyl (C=O) groups is 1. The summed E-state index contributed by atoms with van der Waals surface area (Å²) in [6.07, 6.45) is 4.50. The lowest BCUT2D eigenvalue weighted by Crippen LogP contribution is -2.57. The molecule has 0 aromatic rings. The van der Waals surface area contributed by atoms with E-state index in [1.54, 1.807) is 0 Å². The second-order valence-corrected chi connectivity index (χ2v) is 5.97. The van der Waals surface area contributed by atoms with Gasteiger partial charge in [0.1, 0.15) is 5.54 Å². The van der Waals surface area contributed by atoms with Gasteiger partial charge in [0.2, 0.25) is 5.91 Å². The topological polar surface area (TPSA) is 87.7 Å². The molecule has 0 bridgehead atoms. The third kappa shape index (κ3) is 2.51. The third-order valence-corrected chi connectivity index (χ3v) is 4.88. The molecule has 1 saturated heterocycles. The zero-order chi connectivity index (χ0) is 12.3. The Morgan fingerprint density at radius 1 is 1.47 bits per heavy atom. The maximum Gasteiger partial charge on any atom is 0.224 e. The van der Waals surface area contributed by atoms with E-state index in [0.29, 0.717) is 0 Å². The van der Waals surface area contributed by atoms with Crippen molar-refractivity contribution < 1.29 is 10.0 Å². The summed E-state index contributed by atoms with van der Waals surface area (Å²) in [5.74, 6) is 2.23. The number of rotatable bonds is 3. The van der Waals surface area contributed by atoms with Crippen molar-refractivity contribution in [2.45, 2.75) is 37.6 Å². The second kappa shape index (κ2) is 5.16. The quantitative estimate of drug-likeness (QED) is 0.303. The van der Waals surface area contributed by atoms with Crippen LogP contribution in [-0.4, -0.2) is 34.0 Å². The molecule has 0 radical (unpaired) electrons. The van der Waals surface area contributed by atoms with Gasteiger partial charge in [-0.25, -0.2) is 0 Å². The summed E-state index contributed by atoms with van der Waals surface area (Å²) in [5.41, 5.74) is 5.14. The van der Waals surface area contributed by atoms with Crippen molar-refractivity contribution in [1.29, 1.82) is 0 Å². The minimum Gasteiger partial charge on any atom is -0.409 e. The molecule has 1 aliphatic carbocycles. The molecular formula is C11H19N3O2S. The van der Waals surface area contributed by atoms with Crippen LogP contribution in [0.4, 0.5) is 0 Å². The molecular weight excluding hydrogens is 238 g/mol. The zero-order valence-electron chi connectivity index (χ0n) is 9.82. The van der Waals surface area contributed by atoms with Crippen LogP contribution in [0.25, 0.3) is 0 Å². The van der Waals surface area contributed by atoms with E-state index in [2.05, 4.69) is 10.5 Å². The molecule has 0 aromatic carbocycles. The first-order valence-electron chi connectivity index (χ1n) is 6.06. The van der Waals surface area contributed by atoms with Gasteiger partial charge in [0, 0.05) is 11.7 Å². The first-order valence-corrected chi connectivity index (χ1v) is 7.21. The van der Waals surface area contributed by atoms with Crippen LogP contribution in [0.5, 0.6) is 0 Å². The van der Waals surface area contributed by atoms with Gasteiger partial charge in [0.25, 0.3) is 0 Å². The predicted octanol–water partition coefficient (Wildman–Crippen LogP) is 0.915. The summed E-state index contributed by atoms with van der Waals surface area (Å²) in [6.45, 7) is 0. The average molecular weight is 257 g/mol. The van der Waals surface area contributed by atoms with Crippen LogP contribution in [0.15, 0.2) is 5.16 Å². The number of nitrogens with zero attached hydrogens (tertiary/aromatic N) is 1. The van der Waals surface area contributed by atoms with E-state index < -0.39 is 5.54 Å². The normalized spacial score (nSPS) is 28.2. The third-order valence-electron chi connectivity index (χ3n) is 3.72. The molecule has 1 aliphatic heterocycles. The summed E-state index contributed by atoms with van der Waals surface area (Å²) < 4.78 is 0. The minimum absolute atomic E-state index is 0.0588. The molecule has 1 atom stereocenters. The molecule has 1 saturated carbocycles. The van der Waals surface area contributed by atoms with Gasteiger partial charge in [-0.2, -0.15) is 11.8 Å². The van der Waals surface area contributed by atoms with Crippen molar-refractivity contribution >= 4 is 23.5 Å². The molecule has 6 heteroatoms. The van der Waals surface area contributed by atoms with E-state index >= 15 is 0 Å². The highest BCUT2D eigenvalue weighted by atomic mass is 32.2. The number of oxime groups is 1. The van der Waals surface area contributed by atoms with Gasteiger partial charge in [-0.05, 0) is 25.0 Å². The van der Waals surface area contributed by atoms with Crippen LogP contribution in [0.2, 0.25) is 0 Å². The highest BCUT2D eigenvalue weighted by molar-refractivity contribution is 7.99. The van der Waals surface area contributed by atoms with E-state index in [4.69, 9.17) is 10.9 Å². The fraction of sp³-hybridized carbons (Fsp3) is 0.818. The standard InChI is InChI=1S/C11H19N3O2S/c12-10(14-16)11(4-1-2-5-11)13-9(15)8-3-6-17-7-8/h8,16H,1-7H2,(H2,12,14)(H,13,15). The smallest absolute Gasteiger partial charge is 0.224 e. The van der Waals surface area contributed by atoms with E-state index in [1.165, 1.54) is 0 Å². The van der Waals surface area contributed by atoms with Crippen LogP contribution in [-0.2, 0) is 4.79 Å². The van der Waals surface area contributed by atoms with E-state index in [0.717, 1.165) is 43.6 Å². The number of carbonyl (C=O) groups excluding carboxylic acids is 1. The number of nitrogens with two attached hydrogens (primary N) is 1. The number of nitrogens with one attached hydrogen (secondary N) is 1. The first kappa shape index (κ1) is 12.5. The number of hydrogen-bond acceptors (Lipinski definition) is 4.